The van der Waals surface area contributed by atoms with Gasteiger partial charge in [0.1, 0.15) is 23.2 Å². The summed E-state index contributed by atoms with van der Waals surface area (Å²) in [6, 6.07) is 24.4. The van der Waals surface area contributed by atoms with E-state index >= 15 is 0 Å². The zero-order valence-electron chi connectivity index (χ0n) is 39.4. The Labute approximate surface area is 388 Å². The molecule has 0 radical (unpaired) electrons. The van der Waals surface area contributed by atoms with E-state index in [1.165, 1.54) is 57.8 Å². The molecule has 1 aliphatic heterocycles. The number of carbonyl (C=O) groups is 4. The molecule has 11 nitrogen and oxygen atoms in total. The Bertz CT molecular complexity index is 1800. The van der Waals surface area contributed by atoms with Crippen molar-refractivity contribution in [3.8, 4) is 11.5 Å². The molecule has 2 N–H and O–H groups in total. The number of hydrogen-bond donors (Lipinski definition) is 2. The maximum atomic E-state index is 14.5. The van der Waals surface area contributed by atoms with Crippen LogP contribution in [0.25, 0.3) is 0 Å². The first-order valence-electron chi connectivity index (χ1n) is 24.3. The number of rotatable bonds is 33. The highest BCUT2D eigenvalue weighted by molar-refractivity contribution is 5.78. The second kappa shape index (κ2) is 30.1. The molecule has 0 aliphatic carbocycles. The Morgan fingerprint density at radius 3 is 1.82 bits per heavy atom. The van der Waals surface area contributed by atoms with Gasteiger partial charge in [-0.3, -0.25) is 19.2 Å². The van der Waals surface area contributed by atoms with E-state index in [0.717, 1.165) is 55.2 Å². The van der Waals surface area contributed by atoms with Gasteiger partial charge in [-0.15, -0.1) is 0 Å². The molecule has 1 saturated heterocycles. The van der Waals surface area contributed by atoms with Crippen molar-refractivity contribution in [3.63, 3.8) is 0 Å². The Balaban J connectivity index is 1.36. The number of likely N-dealkylation sites (tertiary alicyclic amines) is 1. The van der Waals surface area contributed by atoms with Crippen LogP contribution < -0.4 is 14.8 Å². The molecule has 65 heavy (non-hydrogen) atoms. The van der Waals surface area contributed by atoms with Crippen LogP contribution in [-0.2, 0) is 40.9 Å². The van der Waals surface area contributed by atoms with E-state index in [4.69, 9.17) is 18.9 Å². The number of hydrogen-bond acceptors (Lipinski definition) is 8. The molecule has 4 rings (SSSR count). The Morgan fingerprint density at radius 2 is 1.23 bits per heavy atom. The first-order valence-corrected chi connectivity index (χ1v) is 24.3. The predicted molar refractivity (Wildman–Crippen MR) is 256 cm³/mol. The topological polar surface area (TPSA) is 141 Å². The molecule has 0 saturated carbocycles. The van der Waals surface area contributed by atoms with Gasteiger partial charge in [0.05, 0.1) is 46.3 Å². The van der Waals surface area contributed by atoms with Crippen LogP contribution in [0.1, 0.15) is 158 Å². The Hall–Kier alpha value is -5.16. The third-order valence-corrected chi connectivity index (χ3v) is 12.3. The van der Waals surface area contributed by atoms with Crippen molar-refractivity contribution in [2.24, 2.45) is 0 Å². The van der Waals surface area contributed by atoms with Gasteiger partial charge in [-0.25, -0.2) is 0 Å². The fourth-order valence-electron chi connectivity index (χ4n) is 8.65. The highest BCUT2D eigenvalue weighted by Gasteiger charge is 2.52. The fraction of sp³-hybridized carbons (Fsp3) is 0.556. The van der Waals surface area contributed by atoms with Crippen LogP contribution in [0.15, 0.2) is 91.0 Å². The second-order valence-electron chi connectivity index (χ2n) is 17.3. The van der Waals surface area contributed by atoms with Gasteiger partial charge in [-0.1, -0.05) is 131 Å². The summed E-state index contributed by atoms with van der Waals surface area (Å²) in [6.07, 6.45) is 22.4. The van der Waals surface area contributed by atoms with Crippen molar-refractivity contribution in [2.45, 2.75) is 166 Å². The second-order valence-corrected chi connectivity index (χ2v) is 17.3. The summed E-state index contributed by atoms with van der Waals surface area (Å²) in [5.74, 6) is -0.440. The van der Waals surface area contributed by atoms with Gasteiger partial charge in [-0.2, -0.15) is 0 Å². The smallest absolute Gasteiger partial charge is 0.306 e. The van der Waals surface area contributed by atoms with Crippen LogP contribution >= 0.6 is 0 Å². The third kappa shape index (κ3) is 18.3. The number of carbonyl (C=O) groups excluding carboxylic acids is 3. The van der Waals surface area contributed by atoms with E-state index in [2.05, 4.69) is 24.4 Å². The van der Waals surface area contributed by atoms with Gasteiger partial charge >= 0.3 is 11.9 Å². The van der Waals surface area contributed by atoms with Crippen molar-refractivity contribution >= 4 is 23.8 Å². The number of allylic oxidation sites excluding steroid dienone is 2. The first-order chi connectivity index (χ1) is 31.7. The molecule has 2 amide bonds. The van der Waals surface area contributed by atoms with Gasteiger partial charge in [0.25, 0.3) is 0 Å². The quantitative estimate of drug-likeness (QED) is 0.0347. The lowest BCUT2D eigenvalue weighted by molar-refractivity contribution is -0.152. The molecule has 11 heteroatoms. The number of benzene rings is 3. The van der Waals surface area contributed by atoms with E-state index in [1.807, 2.05) is 78.9 Å². The Morgan fingerprint density at radius 1 is 0.677 bits per heavy atom. The minimum absolute atomic E-state index is 0.0754. The molecule has 2 atom stereocenters. The highest BCUT2D eigenvalue weighted by Crippen LogP contribution is 2.46. The number of amides is 2. The van der Waals surface area contributed by atoms with Crippen molar-refractivity contribution in [1.82, 2.24) is 10.2 Å². The lowest BCUT2D eigenvalue weighted by Crippen LogP contribution is -2.52. The lowest BCUT2D eigenvalue weighted by atomic mass is 9.78. The predicted octanol–water partition coefficient (Wildman–Crippen LogP) is 11.3. The number of esters is 1. The molecular weight excluding hydrogens is 821 g/mol. The van der Waals surface area contributed by atoms with Crippen molar-refractivity contribution in [1.29, 1.82) is 0 Å². The van der Waals surface area contributed by atoms with Crippen molar-refractivity contribution in [2.75, 3.05) is 27.3 Å². The number of aliphatic carboxylic acids is 1. The van der Waals surface area contributed by atoms with Crippen LogP contribution in [0.3, 0.4) is 0 Å². The SMILES string of the molecule is CCCCCCCCC=CCCCCCCCC(=O)NCCCCCC(=O)N1CC(OC(=O)CCC(=O)O)CC1C(OCc1ccccc1)(c1ccc(OC)cc1)c1ccc(OC)cc1. The van der Waals surface area contributed by atoms with Gasteiger partial charge < -0.3 is 34.3 Å². The molecule has 3 aromatic rings. The summed E-state index contributed by atoms with van der Waals surface area (Å²) in [7, 11) is 3.21. The van der Waals surface area contributed by atoms with E-state index in [9.17, 15) is 24.3 Å². The minimum atomic E-state index is -1.25. The summed E-state index contributed by atoms with van der Waals surface area (Å²) in [5.41, 5.74) is 1.24. The Kier molecular flexibility index (Phi) is 24.3. The largest absolute Gasteiger partial charge is 0.497 e. The van der Waals surface area contributed by atoms with Crippen LogP contribution in [0.5, 0.6) is 11.5 Å². The van der Waals surface area contributed by atoms with Gasteiger partial charge in [-0.05, 0) is 85.9 Å². The zero-order chi connectivity index (χ0) is 46.5. The van der Waals surface area contributed by atoms with E-state index in [1.54, 1.807) is 19.1 Å². The van der Waals surface area contributed by atoms with E-state index < -0.39 is 29.7 Å². The minimum Gasteiger partial charge on any atom is -0.497 e. The number of carboxylic acids is 1. The maximum Gasteiger partial charge on any atom is 0.306 e. The van der Waals surface area contributed by atoms with Crippen LogP contribution in [0.4, 0.5) is 0 Å². The molecule has 1 fully saturated rings. The van der Waals surface area contributed by atoms with Gasteiger partial charge in [0.2, 0.25) is 11.8 Å². The van der Waals surface area contributed by atoms with Gasteiger partial charge in [0, 0.05) is 25.8 Å². The molecule has 0 aromatic heterocycles. The van der Waals surface area contributed by atoms with E-state index in [0.29, 0.717) is 30.9 Å². The van der Waals surface area contributed by atoms with Crippen LogP contribution in [0, 0.1) is 0 Å². The number of nitrogens with zero attached hydrogens (tertiary/aromatic N) is 1. The number of methoxy groups -OCH3 is 2. The monoisotopic (exact) mass is 897 g/mol. The van der Waals surface area contributed by atoms with Crippen molar-refractivity contribution < 1.29 is 43.2 Å². The molecule has 356 valence electrons. The summed E-state index contributed by atoms with van der Waals surface area (Å²) in [4.78, 5) is 53.1. The van der Waals surface area contributed by atoms with Gasteiger partial charge in [0.15, 0.2) is 0 Å². The molecule has 2 unspecified atom stereocenters. The lowest BCUT2D eigenvalue weighted by Gasteiger charge is -2.44. The maximum absolute atomic E-state index is 14.5. The normalized spacial score (nSPS) is 15.0. The summed E-state index contributed by atoms with van der Waals surface area (Å²) >= 11 is 0. The van der Waals surface area contributed by atoms with E-state index in [-0.39, 0.29) is 50.6 Å². The number of carboxylic acid groups (broad SMARTS) is 1. The molecule has 1 aliphatic rings. The molecule has 0 spiro atoms. The standard InChI is InChI=1S/C54H76N2O9/c1-4-5-6-7-8-9-10-11-12-13-14-15-16-17-22-27-50(57)55-39-24-19-23-28-51(58)56-41-48(65-53(61)38-37-52(59)60)40-49(56)54(44-29-33-46(62-2)34-30-44,45-31-35-47(63-3)36-32-45)64-42-43-25-20-18-21-26-43/h11-12,18,20-21,25-26,29-36,48-49H,4-10,13-17,19,22-24,27-28,37-42H2,1-3H3,(H,55,57)(H,59,60). The summed E-state index contributed by atoms with van der Waals surface area (Å²) in [5, 5.41) is 12.3. The average molecular weight is 897 g/mol. The summed E-state index contributed by atoms with van der Waals surface area (Å²) < 4.78 is 24.1. The van der Waals surface area contributed by atoms with Crippen LogP contribution in [-0.4, -0.2) is 73.2 Å². The average Bonchev–Trinajstić information content (AvgIpc) is 3.75. The molecule has 1 heterocycles. The number of nitrogens with one attached hydrogen (secondary N) is 1. The molecular formula is C54H76N2O9. The molecule has 0 bridgehead atoms. The zero-order valence-corrected chi connectivity index (χ0v) is 39.4. The summed E-state index contributed by atoms with van der Waals surface area (Å²) in [6.45, 7) is 3.15. The van der Waals surface area contributed by atoms with Crippen LogP contribution in [0.2, 0.25) is 0 Å². The van der Waals surface area contributed by atoms with Crippen molar-refractivity contribution in [3.05, 3.63) is 108 Å². The highest BCUT2D eigenvalue weighted by atomic mass is 16.5. The number of unbranched alkanes of at least 4 members (excludes halogenated alkanes) is 13. The molecule has 3 aromatic carbocycles. The first kappa shape index (κ1) is 52.5. The third-order valence-electron chi connectivity index (χ3n) is 12.3. The fourth-order valence-corrected chi connectivity index (χ4v) is 8.65. The number of ether oxygens (including phenoxy) is 4.